The highest BCUT2D eigenvalue weighted by molar-refractivity contribution is 7.22. The van der Waals surface area contributed by atoms with E-state index in [0.29, 0.717) is 26.4 Å². The molecule has 4 nitrogen and oxygen atoms in total. The second-order valence-electron chi connectivity index (χ2n) is 7.15. The molecule has 0 atom stereocenters. The van der Waals surface area contributed by atoms with Gasteiger partial charge in [0.05, 0.1) is 37.0 Å². The molecule has 1 amide bonds. The molecule has 2 heterocycles. The van der Waals surface area contributed by atoms with Crippen molar-refractivity contribution in [2.45, 2.75) is 6.92 Å². The number of nitrogens with one attached hydrogen (secondary N) is 1. The predicted molar refractivity (Wildman–Crippen MR) is 130 cm³/mol. The number of fused-ring (bicyclic) bond motifs is 2. The molecule has 3 aromatic carbocycles. The zero-order valence-corrected chi connectivity index (χ0v) is 18.6. The third-order valence-electron chi connectivity index (χ3n) is 4.94. The van der Waals surface area contributed by atoms with Gasteiger partial charge in [0.1, 0.15) is 0 Å². The summed E-state index contributed by atoms with van der Waals surface area (Å²) >= 11 is 13.7. The van der Waals surface area contributed by atoms with Gasteiger partial charge in [-0.15, -0.1) is 0 Å². The number of nitrogens with zero attached hydrogens (tertiary/aromatic N) is 2. The molecule has 7 heteroatoms. The van der Waals surface area contributed by atoms with E-state index in [9.17, 15) is 4.79 Å². The Labute approximate surface area is 192 Å². The lowest BCUT2D eigenvalue weighted by Crippen LogP contribution is -2.13. The Balaban J connectivity index is 1.58. The summed E-state index contributed by atoms with van der Waals surface area (Å²) in [6.45, 7) is 2.03. The van der Waals surface area contributed by atoms with Gasteiger partial charge in [0.15, 0.2) is 5.13 Å². The van der Waals surface area contributed by atoms with Gasteiger partial charge in [-0.2, -0.15) is 0 Å². The van der Waals surface area contributed by atoms with Gasteiger partial charge < -0.3 is 0 Å². The largest absolute Gasteiger partial charge is 0.298 e. The smallest absolute Gasteiger partial charge is 0.258 e. The van der Waals surface area contributed by atoms with Crippen molar-refractivity contribution in [2.24, 2.45) is 0 Å². The zero-order valence-electron chi connectivity index (χ0n) is 16.3. The minimum absolute atomic E-state index is 0.240. The molecule has 5 aromatic rings. The number of carbonyl (C=O) groups is 1. The summed E-state index contributed by atoms with van der Waals surface area (Å²) in [5, 5.41) is 5.18. The number of hydrogen-bond acceptors (Lipinski definition) is 4. The standard InChI is InChI=1S/C24H15Cl2N3OS/c1-13-6-9-20-22(10-13)31-24(28-20)29-23(30)16-12-21(14-7-8-17(25)18(26)11-14)27-19-5-3-2-4-15(16)19/h2-12H,1H3,(H,28,29,30). The molecule has 0 unspecified atom stereocenters. The molecule has 2 aromatic heterocycles. The lowest BCUT2D eigenvalue weighted by molar-refractivity contribution is 0.102. The Bertz CT molecular complexity index is 1480. The molecule has 31 heavy (non-hydrogen) atoms. The number of rotatable bonds is 3. The van der Waals surface area contributed by atoms with E-state index in [1.807, 2.05) is 49.4 Å². The first-order valence-electron chi connectivity index (χ1n) is 9.52. The molecule has 152 valence electrons. The molecule has 0 saturated carbocycles. The Morgan fingerprint density at radius 2 is 1.74 bits per heavy atom. The van der Waals surface area contributed by atoms with E-state index in [0.717, 1.165) is 32.2 Å². The fraction of sp³-hybridized carbons (Fsp3) is 0.0417. The van der Waals surface area contributed by atoms with E-state index in [1.165, 1.54) is 11.3 Å². The van der Waals surface area contributed by atoms with Crippen LogP contribution in [0.15, 0.2) is 66.7 Å². The van der Waals surface area contributed by atoms with Gasteiger partial charge in [-0.05, 0) is 48.9 Å². The first kappa shape index (κ1) is 19.9. The first-order chi connectivity index (χ1) is 15.0. The van der Waals surface area contributed by atoms with Crippen molar-refractivity contribution in [3.8, 4) is 11.3 Å². The van der Waals surface area contributed by atoms with Gasteiger partial charge in [-0.1, -0.05) is 64.9 Å². The van der Waals surface area contributed by atoms with Crippen molar-refractivity contribution in [2.75, 3.05) is 5.32 Å². The molecule has 0 aliphatic heterocycles. The van der Waals surface area contributed by atoms with E-state index in [1.54, 1.807) is 18.2 Å². The highest BCUT2D eigenvalue weighted by Crippen LogP contribution is 2.31. The molecule has 0 radical (unpaired) electrons. The van der Waals surface area contributed by atoms with Crippen LogP contribution in [-0.4, -0.2) is 15.9 Å². The minimum Gasteiger partial charge on any atom is -0.298 e. The molecular weight excluding hydrogens is 449 g/mol. The molecule has 0 fully saturated rings. The Morgan fingerprint density at radius 3 is 2.58 bits per heavy atom. The fourth-order valence-electron chi connectivity index (χ4n) is 3.42. The zero-order chi connectivity index (χ0) is 21.5. The van der Waals surface area contributed by atoms with Gasteiger partial charge in [0.2, 0.25) is 0 Å². The van der Waals surface area contributed by atoms with Crippen LogP contribution in [-0.2, 0) is 0 Å². The number of carbonyl (C=O) groups excluding carboxylic acids is 1. The average molecular weight is 464 g/mol. The topological polar surface area (TPSA) is 54.9 Å². The van der Waals surface area contributed by atoms with Crippen LogP contribution in [0.3, 0.4) is 0 Å². The van der Waals surface area contributed by atoms with E-state index in [4.69, 9.17) is 28.2 Å². The van der Waals surface area contributed by atoms with Crippen molar-refractivity contribution in [1.82, 2.24) is 9.97 Å². The van der Waals surface area contributed by atoms with Crippen LogP contribution in [0.2, 0.25) is 10.0 Å². The Hall–Kier alpha value is -2.99. The van der Waals surface area contributed by atoms with Crippen LogP contribution >= 0.6 is 34.5 Å². The number of pyridine rings is 1. The minimum atomic E-state index is -0.240. The summed E-state index contributed by atoms with van der Waals surface area (Å²) in [6.07, 6.45) is 0. The van der Waals surface area contributed by atoms with Gasteiger partial charge in [0, 0.05) is 10.9 Å². The Kier molecular flexibility index (Phi) is 5.10. The van der Waals surface area contributed by atoms with Crippen molar-refractivity contribution < 1.29 is 4.79 Å². The van der Waals surface area contributed by atoms with Crippen molar-refractivity contribution in [1.29, 1.82) is 0 Å². The number of halogens is 2. The summed E-state index contributed by atoms with van der Waals surface area (Å²) in [5.41, 5.74) is 4.67. The highest BCUT2D eigenvalue weighted by Gasteiger charge is 2.16. The SMILES string of the molecule is Cc1ccc2nc(NC(=O)c3cc(-c4ccc(Cl)c(Cl)c4)nc4ccccc34)sc2c1. The average Bonchev–Trinajstić information content (AvgIpc) is 3.16. The number of para-hydroxylation sites is 1. The lowest BCUT2D eigenvalue weighted by atomic mass is 10.0. The van der Waals surface area contributed by atoms with Crippen LogP contribution in [0.4, 0.5) is 5.13 Å². The highest BCUT2D eigenvalue weighted by atomic mass is 35.5. The lowest BCUT2D eigenvalue weighted by Gasteiger charge is -2.10. The number of benzene rings is 3. The van der Waals surface area contributed by atoms with Gasteiger partial charge in [-0.3, -0.25) is 10.1 Å². The monoisotopic (exact) mass is 463 g/mol. The quantitative estimate of drug-likeness (QED) is 0.303. The summed E-state index contributed by atoms with van der Waals surface area (Å²) in [7, 11) is 0. The molecule has 0 saturated heterocycles. The maximum atomic E-state index is 13.3. The summed E-state index contributed by atoms with van der Waals surface area (Å²) < 4.78 is 1.03. The number of hydrogen-bond donors (Lipinski definition) is 1. The number of amides is 1. The molecule has 1 N–H and O–H groups in total. The first-order valence-corrected chi connectivity index (χ1v) is 11.1. The summed E-state index contributed by atoms with van der Waals surface area (Å²) in [5.74, 6) is -0.240. The predicted octanol–water partition coefficient (Wildman–Crippen LogP) is 7.38. The third kappa shape index (κ3) is 3.88. The van der Waals surface area contributed by atoms with E-state index in [-0.39, 0.29) is 5.91 Å². The number of aromatic nitrogens is 2. The third-order valence-corrected chi connectivity index (χ3v) is 6.61. The Morgan fingerprint density at radius 1 is 0.903 bits per heavy atom. The van der Waals surface area contributed by atoms with Crippen LogP contribution in [0.5, 0.6) is 0 Å². The summed E-state index contributed by atoms with van der Waals surface area (Å²) in [4.78, 5) is 22.5. The molecule has 5 rings (SSSR count). The molecule has 0 aliphatic rings. The van der Waals surface area contributed by atoms with Crippen molar-refractivity contribution in [3.05, 3.63) is 87.9 Å². The van der Waals surface area contributed by atoms with Gasteiger partial charge >= 0.3 is 0 Å². The van der Waals surface area contributed by atoms with Crippen molar-refractivity contribution >= 4 is 66.7 Å². The van der Waals surface area contributed by atoms with Crippen LogP contribution in [0.25, 0.3) is 32.4 Å². The fourth-order valence-corrected chi connectivity index (χ4v) is 4.67. The number of thiazole rings is 1. The van der Waals surface area contributed by atoms with Crippen molar-refractivity contribution in [3.63, 3.8) is 0 Å². The number of anilines is 1. The van der Waals surface area contributed by atoms with E-state index >= 15 is 0 Å². The second kappa shape index (κ2) is 7.93. The molecule has 0 aliphatic carbocycles. The molecule has 0 spiro atoms. The van der Waals surface area contributed by atoms with Crippen LogP contribution in [0.1, 0.15) is 15.9 Å². The van der Waals surface area contributed by atoms with Crippen LogP contribution < -0.4 is 5.32 Å². The normalized spacial score (nSPS) is 11.2. The molecule has 0 bridgehead atoms. The second-order valence-corrected chi connectivity index (χ2v) is 8.99. The van der Waals surface area contributed by atoms with Crippen LogP contribution in [0, 0.1) is 6.92 Å². The van der Waals surface area contributed by atoms with E-state index in [2.05, 4.69) is 16.4 Å². The van der Waals surface area contributed by atoms with E-state index < -0.39 is 0 Å². The maximum absolute atomic E-state index is 13.3. The van der Waals surface area contributed by atoms with Gasteiger partial charge in [-0.25, -0.2) is 9.97 Å². The van der Waals surface area contributed by atoms with Gasteiger partial charge in [0.25, 0.3) is 5.91 Å². The summed E-state index contributed by atoms with van der Waals surface area (Å²) in [6, 6.07) is 20.7. The number of aryl methyl sites for hydroxylation is 1. The molecular formula is C24H15Cl2N3OS. The maximum Gasteiger partial charge on any atom is 0.258 e.